The monoisotopic (exact) mass is 636 g/mol. The highest BCUT2D eigenvalue weighted by Gasteiger charge is 2.29. The van der Waals surface area contributed by atoms with Gasteiger partial charge in [0.25, 0.3) is 5.91 Å². The number of hydrogen-bond donors (Lipinski definition) is 2. The van der Waals surface area contributed by atoms with E-state index in [0.717, 1.165) is 16.7 Å². The van der Waals surface area contributed by atoms with Crippen molar-refractivity contribution in [1.29, 1.82) is 0 Å². The summed E-state index contributed by atoms with van der Waals surface area (Å²) in [5.74, 6) is 0.000122. The first-order chi connectivity index (χ1) is 22.2. The van der Waals surface area contributed by atoms with E-state index in [0.29, 0.717) is 60.6 Å². The maximum Gasteiger partial charge on any atom is 0.273 e. The first-order valence-corrected chi connectivity index (χ1v) is 16.6. The Morgan fingerprint density at radius 2 is 1.76 bits per heavy atom. The lowest BCUT2D eigenvalue weighted by Crippen LogP contribution is -2.36. The smallest absolute Gasteiger partial charge is 0.273 e. The minimum atomic E-state index is -3.77. The van der Waals surface area contributed by atoms with Gasteiger partial charge in [-0.05, 0) is 65.4 Å². The molecule has 4 N–H and O–H groups in total. The Morgan fingerprint density at radius 3 is 2.54 bits per heavy atom. The van der Waals surface area contributed by atoms with Crippen molar-refractivity contribution in [3.05, 3.63) is 113 Å². The van der Waals surface area contributed by atoms with Crippen molar-refractivity contribution in [1.82, 2.24) is 14.4 Å². The number of benzene rings is 3. The Morgan fingerprint density at radius 1 is 0.978 bits per heavy atom. The summed E-state index contributed by atoms with van der Waals surface area (Å²) in [6, 6.07) is 22.4. The molecule has 1 aromatic heterocycles. The van der Waals surface area contributed by atoms with E-state index in [9.17, 15) is 13.2 Å². The van der Waals surface area contributed by atoms with Crippen LogP contribution >= 0.6 is 0 Å². The van der Waals surface area contributed by atoms with Gasteiger partial charge < -0.3 is 11.5 Å². The second kappa shape index (κ2) is 13.3. The van der Waals surface area contributed by atoms with Gasteiger partial charge in [0, 0.05) is 60.8 Å². The van der Waals surface area contributed by atoms with Crippen LogP contribution < -0.4 is 11.5 Å². The molecule has 4 aromatic rings. The molecule has 11 heteroatoms. The van der Waals surface area contributed by atoms with Gasteiger partial charge in [-0.1, -0.05) is 55.5 Å². The lowest BCUT2D eigenvalue weighted by Gasteiger charge is -2.28. The number of hydrogen-bond acceptors (Lipinski definition) is 8. The van der Waals surface area contributed by atoms with Crippen LogP contribution in [0.5, 0.6) is 0 Å². The number of carbonyl (C=O) groups is 1. The molecule has 2 aliphatic heterocycles. The number of amides is 1. The van der Waals surface area contributed by atoms with Gasteiger partial charge in [-0.15, -0.1) is 0 Å². The molecule has 1 amide bonds. The van der Waals surface area contributed by atoms with Crippen molar-refractivity contribution in [3.8, 4) is 11.1 Å². The summed E-state index contributed by atoms with van der Waals surface area (Å²) in [7, 11) is -3.77. The van der Waals surface area contributed by atoms with Crippen LogP contribution in [0.1, 0.15) is 42.0 Å². The van der Waals surface area contributed by atoms with E-state index >= 15 is 0 Å². The molecule has 0 bridgehead atoms. The normalized spacial score (nSPS) is 14.8. The quantitative estimate of drug-likeness (QED) is 0.189. The summed E-state index contributed by atoms with van der Waals surface area (Å²) >= 11 is 0. The van der Waals surface area contributed by atoms with E-state index in [1.807, 2.05) is 61.5 Å². The summed E-state index contributed by atoms with van der Waals surface area (Å²) < 4.78 is 28.8. The third-order valence-electron chi connectivity index (χ3n) is 8.07. The number of carbonyl (C=O) groups excluding carboxylic acids is 1. The van der Waals surface area contributed by atoms with Crippen molar-refractivity contribution in [2.45, 2.75) is 44.2 Å². The van der Waals surface area contributed by atoms with Gasteiger partial charge >= 0.3 is 0 Å². The standard InChI is InChI=1S/C35H36N6O4S/c1-2-14-41(45-23-24-7-11-31(36)12-8-24)35(42)29-16-27-10-9-26(18-33(27)39-34(37)19-29)30-17-32(21-38-20-30)46(43,44)40-15-13-25-5-3-4-6-28(25)22-40/h3-12,16-18,20-21H,2,13-15,19,22-23,36H2,1H3,(H2,37,39). The number of rotatable bonds is 9. The van der Waals surface area contributed by atoms with Gasteiger partial charge in [0.05, 0.1) is 5.69 Å². The number of nitrogens with two attached hydrogens (primary N) is 2. The van der Waals surface area contributed by atoms with Gasteiger partial charge in [-0.2, -0.15) is 4.31 Å². The molecular formula is C35H36N6O4S. The lowest BCUT2D eigenvalue weighted by atomic mass is 10.0. The summed E-state index contributed by atoms with van der Waals surface area (Å²) in [6.45, 7) is 3.33. The highest BCUT2D eigenvalue weighted by molar-refractivity contribution is 7.89. The maximum absolute atomic E-state index is 13.6. The Labute approximate surface area is 269 Å². The fourth-order valence-corrected chi connectivity index (χ4v) is 7.01. The molecule has 0 fully saturated rings. The number of aliphatic imine (C=N–C) groups is 1. The number of nitrogen functional groups attached to an aromatic ring is 1. The molecule has 236 valence electrons. The predicted octanol–water partition coefficient (Wildman–Crippen LogP) is 5.22. The molecule has 0 saturated carbocycles. The van der Waals surface area contributed by atoms with Gasteiger partial charge in [-0.25, -0.2) is 18.5 Å². The third-order valence-corrected chi connectivity index (χ3v) is 9.88. The van der Waals surface area contributed by atoms with E-state index in [1.54, 1.807) is 30.5 Å². The average molecular weight is 637 g/mol. The second-order valence-corrected chi connectivity index (χ2v) is 13.3. The van der Waals surface area contributed by atoms with E-state index in [-0.39, 0.29) is 29.7 Å². The van der Waals surface area contributed by atoms with Gasteiger partial charge in [0.1, 0.15) is 17.3 Å². The molecule has 3 heterocycles. The van der Waals surface area contributed by atoms with Crippen LogP contribution in [0.2, 0.25) is 0 Å². The lowest BCUT2D eigenvalue weighted by molar-refractivity contribution is -0.187. The number of anilines is 1. The number of nitrogens with zero attached hydrogens (tertiary/aromatic N) is 4. The zero-order valence-electron chi connectivity index (χ0n) is 25.6. The van der Waals surface area contributed by atoms with Crippen LogP contribution in [0, 0.1) is 0 Å². The number of pyridine rings is 1. The number of sulfonamides is 1. The first kappa shape index (κ1) is 31.2. The Kier molecular flexibility index (Phi) is 8.98. The number of aromatic nitrogens is 1. The second-order valence-electron chi connectivity index (χ2n) is 11.4. The van der Waals surface area contributed by atoms with Crippen molar-refractivity contribution in [2.24, 2.45) is 10.7 Å². The van der Waals surface area contributed by atoms with Crippen LogP contribution in [0.15, 0.2) is 101 Å². The molecule has 0 atom stereocenters. The number of amidine groups is 1. The van der Waals surface area contributed by atoms with Crippen molar-refractivity contribution in [2.75, 3.05) is 18.8 Å². The van der Waals surface area contributed by atoms with Crippen LogP contribution in [-0.2, 0) is 39.2 Å². The highest BCUT2D eigenvalue weighted by atomic mass is 32.2. The summed E-state index contributed by atoms with van der Waals surface area (Å²) in [6.07, 6.45) is 6.32. The molecule has 0 unspecified atom stereocenters. The highest BCUT2D eigenvalue weighted by Crippen LogP contribution is 2.33. The molecule has 0 aliphatic carbocycles. The molecule has 10 nitrogen and oxygen atoms in total. The Balaban J connectivity index is 1.23. The van der Waals surface area contributed by atoms with Gasteiger partial charge in [-0.3, -0.25) is 14.6 Å². The summed E-state index contributed by atoms with van der Waals surface area (Å²) in [4.78, 5) is 28.6. The molecule has 0 saturated heterocycles. The van der Waals surface area contributed by atoms with Crippen molar-refractivity contribution >= 4 is 39.2 Å². The van der Waals surface area contributed by atoms with E-state index in [2.05, 4.69) is 9.98 Å². The average Bonchev–Trinajstić information content (AvgIpc) is 3.24. The zero-order chi connectivity index (χ0) is 32.3. The molecule has 2 aliphatic rings. The Hall–Kier alpha value is -4.84. The van der Waals surface area contributed by atoms with Crippen LogP contribution in [0.25, 0.3) is 17.2 Å². The fraction of sp³-hybridized carbons (Fsp3) is 0.229. The zero-order valence-corrected chi connectivity index (χ0v) is 26.4. The third kappa shape index (κ3) is 6.71. The maximum atomic E-state index is 13.6. The van der Waals surface area contributed by atoms with E-state index in [4.69, 9.17) is 16.3 Å². The van der Waals surface area contributed by atoms with E-state index in [1.165, 1.54) is 21.1 Å². The molecular weight excluding hydrogens is 600 g/mol. The summed E-state index contributed by atoms with van der Waals surface area (Å²) in [5.41, 5.74) is 18.9. The minimum absolute atomic E-state index is 0.130. The minimum Gasteiger partial charge on any atom is -0.399 e. The van der Waals surface area contributed by atoms with Crippen molar-refractivity contribution < 1.29 is 18.0 Å². The topological polar surface area (TPSA) is 144 Å². The molecule has 3 aromatic carbocycles. The molecule has 0 spiro atoms. The molecule has 6 rings (SSSR count). The van der Waals surface area contributed by atoms with Crippen LogP contribution in [0.3, 0.4) is 0 Å². The molecule has 46 heavy (non-hydrogen) atoms. The van der Waals surface area contributed by atoms with Crippen LogP contribution in [0.4, 0.5) is 11.4 Å². The van der Waals surface area contributed by atoms with Crippen LogP contribution in [-0.4, -0.2) is 47.6 Å². The fourth-order valence-electron chi connectivity index (χ4n) is 5.60. The molecule has 0 radical (unpaired) electrons. The predicted molar refractivity (Wildman–Crippen MR) is 179 cm³/mol. The Bertz CT molecular complexity index is 1940. The van der Waals surface area contributed by atoms with Gasteiger partial charge in [0.15, 0.2) is 0 Å². The largest absolute Gasteiger partial charge is 0.399 e. The van der Waals surface area contributed by atoms with Gasteiger partial charge in [0.2, 0.25) is 10.0 Å². The number of fused-ring (bicyclic) bond motifs is 2. The van der Waals surface area contributed by atoms with Crippen molar-refractivity contribution in [3.63, 3.8) is 0 Å². The number of hydroxylamine groups is 2. The first-order valence-electron chi connectivity index (χ1n) is 15.2. The summed E-state index contributed by atoms with van der Waals surface area (Å²) in [5, 5.41) is 1.37. The van der Waals surface area contributed by atoms with E-state index < -0.39 is 10.0 Å². The SMILES string of the molecule is CCCN(OCc1ccc(N)cc1)C(=O)C1=Cc2ccc(-c3cncc(S(=O)(=O)N4CCc5ccccc5C4)c3)cc2N=C(N)C1.